The molecule has 20 heavy (non-hydrogen) atoms. The molecule has 0 unspecified atom stereocenters. The summed E-state index contributed by atoms with van der Waals surface area (Å²) in [4.78, 5) is 23.7. The number of anilines is 2. The molecular formula is C14H14N2O3S. The molecule has 0 saturated carbocycles. The number of hydrogen-bond acceptors (Lipinski definition) is 5. The van der Waals surface area contributed by atoms with Crippen LogP contribution in [0.2, 0.25) is 0 Å². The van der Waals surface area contributed by atoms with Crippen molar-refractivity contribution in [2.75, 3.05) is 18.2 Å². The predicted molar refractivity (Wildman–Crippen MR) is 79.2 cm³/mol. The minimum Gasteiger partial charge on any atom is -0.465 e. The van der Waals surface area contributed by atoms with E-state index in [4.69, 9.17) is 5.73 Å². The van der Waals surface area contributed by atoms with E-state index >= 15 is 0 Å². The largest absolute Gasteiger partial charge is 0.465 e. The lowest BCUT2D eigenvalue weighted by Gasteiger charge is -2.04. The van der Waals surface area contributed by atoms with E-state index in [1.54, 1.807) is 31.2 Å². The molecule has 0 saturated heterocycles. The van der Waals surface area contributed by atoms with E-state index in [1.807, 2.05) is 6.07 Å². The fourth-order valence-electron chi connectivity index (χ4n) is 1.78. The van der Waals surface area contributed by atoms with Gasteiger partial charge in [0, 0.05) is 11.1 Å². The smallest absolute Gasteiger partial charge is 0.341 e. The molecule has 0 spiro atoms. The summed E-state index contributed by atoms with van der Waals surface area (Å²) in [7, 11) is 1.29. The van der Waals surface area contributed by atoms with Crippen molar-refractivity contribution >= 4 is 33.2 Å². The van der Waals surface area contributed by atoms with Gasteiger partial charge >= 0.3 is 5.97 Å². The van der Waals surface area contributed by atoms with Crippen molar-refractivity contribution in [2.24, 2.45) is 0 Å². The zero-order chi connectivity index (χ0) is 14.7. The van der Waals surface area contributed by atoms with E-state index in [-0.39, 0.29) is 5.91 Å². The number of nitrogens with two attached hydrogens (primary N) is 1. The van der Waals surface area contributed by atoms with E-state index in [1.165, 1.54) is 7.11 Å². The average molecular weight is 290 g/mol. The topological polar surface area (TPSA) is 81.4 Å². The monoisotopic (exact) mass is 290 g/mol. The molecule has 0 aliphatic rings. The van der Waals surface area contributed by atoms with E-state index in [0.29, 0.717) is 26.7 Å². The summed E-state index contributed by atoms with van der Waals surface area (Å²) < 4.78 is 4.68. The Balaban J connectivity index is 2.27. The van der Waals surface area contributed by atoms with E-state index in [0.717, 1.165) is 11.3 Å². The molecule has 5 nitrogen and oxygen atoms in total. The quantitative estimate of drug-likeness (QED) is 0.851. The first kappa shape index (κ1) is 14.1. The van der Waals surface area contributed by atoms with Crippen LogP contribution in [0.15, 0.2) is 30.3 Å². The van der Waals surface area contributed by atoms with Gasteiger partial charge in [0.15, 0.2) is 0 Å². The van der Waals surface area contributed by atoms with Crippen molar-refractivity contribution in [1.82, 2.24) is 0 Å². The summed E-state index contributed by atoms with van der Waals surface area (Å²) in [5, 5.41) is 3.64. The third-order valence-electron chi connectivity index (χ3n) is 2.83. The molecule has 0 aliphatic heterocycles. The number of amides is 1. The Kier molecular flexibility index (Phi) is 4.05. The van der Waals surface area contributed by atoms with Gasteiger partial charge in [0.25, 0.3) is 5.91 Å². The van der Waals surface area contributed by atoms with Crippen LogP contribution in [0.25, 0.3) is 0 Å². The van der Waals surface area contributed by atoms with Crippen molar-refractivity contribution in [3.05, 3.63) is 47.0 Å². The number of nitrogens with one attached hydrogen (secondary N) is 1. The Labute approximate surface area is 120 Å². The highest BCUT2D eigenvalue weighted by Crippen LogP contribution is 2.35. The molecule has 3 N–H and O–H groups in total. The second kappa shape index (κ2) is 5.75. The van der Waals surface area contributed by atoms with Crippen molar-refractivity contribution in [3.63, 3.8) is 0 Å². The van der Waals surface area contributed by atoms with E-state index in [9.17, 15) is 9.59 Å². The van der Waals surface area contributed by atoms with Crippen molar-refractivity contribution in [3.8, 4) is 0 Å². The molecule has 1 aromatic carbocycles. The van der Waals surface area contributed by atoms with E-state index in [2.05, 4.69) is 10.1 Å². The first-order valence-electron chi connectivity index (χ1n) is 5.88. The van der Waals surface area contributed by atoms with Crippen molar-refractivity contribution in [1.29, 1.82) is 0 Å². The molecule has 0 radical (unpaired) electrons. The highest BCUT2D eigenvalue weighted by Gasteiger charge is 2.21. The fraction of sp³-hybridized carbons (Fsp3) is 0.143. The van der Waals surface area contributed by atoms with Gasteiger partial charge in [0.2, 0.25) is 0 Å². The number of esters is 1. The maximum absolute atomic E-state index is 12.1. The van der Waals surface area contributed by atoms with Crippen LogP contribution in [0.3, 0.4) is 0 Å². The minimum absolute atomic E-state index is 0.244. The van der Waals surface area contributed by atoms with E-state index < -0.39 is 5.97 Å². The van der Waals surface area contributed by atoms with Gasteiger partial charge in [-0.05, 0) is 19.1 Å². The van der Waals surface area contributed by atoms with Crippen molar-refractivity contribution < 1.29 is 14.3 Å². The Morgan fingerprint density at radius 3 is 2.50 bits per heavy atom. The van der Waals surface area contributed by atoms with Crippen LogP contribution >= 0.6 is 11.3 Å². The Bertz CT molecular complexity index is 650. The van der Waals surface area contributed by atoms with Crippen LogP contribution in [0.1, 0.15) is 26.3 Å². The van der Waals surface area contributed by atoms with Gasteiger partial charge < -0.3 is 15.8 Å². The van der Waals surface area contributed by atoms with Gasteiger partial charge in [-0.1, -0.05) is 29.5 Å². The van der Waals surface area contributed by atoms with Gasteiger partial charge in [-0.2, -0.15) is 0 Å². The third kappa shape index (κ3) is 2.65. The van der Waals surface area contributed by atoms with Gasteiger partial charge in [-0.15, -0.1) is 0 Å². The zero-order valence-corrected chi connectivity index (χ0v) is 11.9. The molecule has 1 aromatic heterocycles. The zero-order valence-electron chi connectivity index (χ0n) is 11.1. The van der Waals surface area contributed by atoms with Gasteiger partial charge in [-0.3, -0.25) is 4.79 Å². The molecule has 0 bridgehead atoms. The van der Waals surface area contributed by atoms with Gasteiger partial charge in [-0.25, -0.2) is 4.79 Å². The molecule has 0 atom stereocenters. The summed E-state index contributed by atoms with van der Waals surface area (Å²) >= 11 is 1.15. The number of hydrogen-bond donors (Lipinski definition) is 2. The van der Waals surface area contributed by atoms with Crippen LogP contribution in [-0.4, -0.2) is 19.0 Å². The molecule has 1 amide bonds. The number of carbonyl (C=O) groups excluding carboxylic acids is 2. The maximum atomic E-state index is 12.1. The first-order chi connectivity index (χ1) is 9.54. The Hall–Kier alpha value is -2.34. The molecule has 2 aromatic rings. The van der Waals surface area contributed by atoms with Crippen LogP contribution in [0.4, 0.5) is 10.0 Å². The number of rotatable bonds is 3. The van der Waals surface area contributed by atoms with Crippen molar-refractivity contribution in [2.45, 2.75) is 6.92 Å². The summed E-state index contributed by atoms with van der Waals surface area (Å²) in [6.45, 7) is 1.72. The number of nitrogen functional groups attached to an aromatic ring is 1. The normalized spacial score (nSPS) is 10.1. The third-order valence-corrected chi connectivity index (χ3v) is 3.86. The second-order valence-electron chi connectivity index (χ2n) is 4.11. The summed E-state index contributed by atoms with van der Waals surface area (Å²) in [5.41, 5.74) is 7.26. The van der Waals surface area contributed by atoms with Gasteiger partial charge in [0.1, 0.15) is 10.0 Å². The summed E-state index contributed by atoms with van der Waals surface area (Å²) in [6, 6.07) is 8.82. The number of methoxy groups -OCH3 is 1. The molecular weight excluding hydrogens is 276 g/mol. The first-order valence-corrected chi connectivity index (χ1v) is 6.69. The summed E-state index contributed by atoms with van der Waals surface area (Å²) in [6.07, 6.45) is 0. The maximum Gasteiger partial charge on any atom is 0.341 e. The van der Waals surface area contributed by atoms with Crippen LogP contribution < -0.4 is 11.1 Å². The predicted octanol–water partition coefficient (Wildman–Crippen LogP) is 2.68. The van der Waals surface area contributed by atoms with Gasteiger partial charge in [0.05, 0.1) is 12.7 Å². The number of carbonyl (C=O) groups is 2. The average Bonchev–Trinajstić information content (AvgIpc) is 2.73. The number of benzene rings is 1. The Morgan fingerprint density at radius 1 is 1.25 bits per heavy atom. The molecule has 1 heterocycles. The minimum atomic E-state index is -0.503. The lowest BCUT2D eigenvalue weighted by Crippen LogP contribution is -2.12. The molecule has 2 rings (SSSR count). The molecule has 0 fully saturated rings. The standard InChI is InChI=1S/C14H14N2O3S/c1-8-10(14(18)19-2)11(15)20-13(8)16-12(17)9-6-4-3-5-7-9/h3-7H,15H2,1-2H3,(H,16,17). The Morgan fingerprint density at radius 2 is 1.90 bits per heavy atom. The second-order valence-corrected chi connectivity index (χ2v) is 5.16. The van der Waals surface area contributed by atoms with Crippen LogP contribution in [0, 0.1) is 6.92 Å². The molecule has 0 aliphatic carbocycles. The summed E-state index contributed by atoms with van der Waals surface area (Å²) in [5.74, 6) is -0.747. The highest BCUT2D eigenvalue weighted by atomic mass is 32.1. The number of ether oxygens (including phenoxy) is 1. The molecule has 104 valence electrons. The lowest BCUT2D eigenvalue weighted by atomic mass is 10.2. The van der Waals surface area contributed by atoms with Crippen LogP contribution in [-0.2, 0) is 4.74 Å². The van der Waals surface area contributed by atoms with Crippen LogP contribution in [0.5, 0.6) is 0 Å². The lowest BCUT2D eigenvalue weighted by molar-refractivity contribution is 0.0601. The molecule has 6 heteroatoms. The SMILES string of the molecule is COC(=O)c1c(N)sc(NC(=O)c2ccccc2)c1C. The highest BCUT2D eigenvalue weighted by molar-refractivity contribution is 7.20. The number of thiophene rings is 1. The fourth-order valence-corrected chi connectivity index (χ4v) is 2.73.